The molecule has 0 bridgehead atoms. The lowest BCUT2D eigenvalue weighted by Crippen LogP contribution is -1.97. The Balaban J connectivity index is 2.51. The Kier molecular flexibility index (Phi) is 3.75. The van der Waals surface area contributed by atoms with Crippen molar-refractivity contribution in [3.63, 3.8) is 0 Å². The zero-order chi connectivity index (χ0) is 10.4. The minimum atomic E-state index is 0.615. The number of hydrogen-bond acceptors (Lipinski definition) is 2. The summed E-state index contributed by atoms with van der Waals surface area (Å²) in [6.45, 7) is 6.37. The van der Waals surface area contributed by atoms with Gasteiger partial charge in [-0.15, -0.1) is 6.58 Å². The molecule has 14 heavy (non-hydrogen) atoms. The second-order valence-electron chi connectivity index (χ2n) is 3.20. The minimum absolute atomic E-state index is 0.615. The van der Waals surface area contributed by atoms with Gasteiger partial charge in [-0.2, -0.15) is 5.26 Å². The minimum Gasteiger partial charge on any atom is -0.493 e. The molecule has 1 aromatic rings. The zero-order valence-electron chi connectivity index (χ0n) is 8.29. The van der Waals surface area contributed by atoms with Crippen LogP contribution in [0.1, 0.15) is 18.9 Å². The molecule has 0 radical (unpaired) electrons. The predicted molar refractivity (Wildman–Crippen MR) is 56.1 cm³/mol. The second-order valence-corrected chi connectivity index (χ2v) is 3.20. The molecular weight excluding hydrogens is 174 g/mol. The molecule has 1 aromatic carbocycles. The summed E-state index contributed by atoms with van der Waals surface area (Å²) < 4.78 is 5.45. The fourth-order valence-electron chi connectivity index (χ4n) is 0.999. The first-order valence-corrected chi connectivity index (χ1v) is 4.49. The smallest absolute Gasteiger partial charge is 0.120 e. The van der Waals surface area contributed by atoms with Gasteiger partial charge in [-0.05, 0) is 25.1 Å². The number of nitriles is 1. The standard InChI is InChI=1S/C12H13NO/c1-10(2)6-7-14-12-5-3-4-11(8-12)9-13/h3-5,8H,1,6-7H2,2H3. The molecule has 0 unspecified atom stereocenters. The summed E-state index contributed by atoms with van der Waals surface area (Å²) in [5.74, 6) is 0.741. The lowest BCUT2D eigenvalue weighted by atomic mass is 10.2. The van der Waals surface area contributed by atoms with E-state index in [9.17, 15) is 0 Å². The molecule has 0 N–H and O–H groups in total. The number of hydrogen-bond donors (Lipinski definition) is 0. The van der Waals surface area contributed by atoms with Crippen LogP contribution in [0.25, 0.3) is 0 Å². The Labute approximate surface area is 84.4 Å². The molecule has 2 heteroatoms. The average Bonchev–Trinajstić information content (AvgIpc) is 2.18. The van der Waals surface area contributed by atoms with Crippen molar-refractivity contribution in [2.24, 2.45) is 0 Å². The van der Waals surface area contributed by atoms with Gasteiger partial charge in [-0.25, -0.2) is 0 Å². The zero-order valence-corrected chi connectivity index (χ0v) is 8.29. The summed E-state index contributed by atoms with van der Waals surface area (Å²) in [7, 11) is 0. The number of rotatable bonds is 4. The fourth-order valence-corrected chi connectivity index (χ4v) is 0.999. The van der Waals surface area contributed by atoms with Crippen molar-refractivity contribution in [1.29, 1.82) is 5.26 Å². The highest BCUT2D eigenvalue weighted by Crippen LogP contribution is 2.13. The van der Waals surface area contributed by atoms with E-state index in [2.05, 4.69) is 12.6 Å². The van der Waals surface area contributed by atoms with E-state index in [1.54, 1.807) is 12.1 Å². The van der Waals surface area contributed by atoms with Gasteiger partial charge in [-0.1, -0.05) is 11.6 Å². The van der Waals surface area contributed by atoms with Crippen molar-refractivity contribution in [3.05, 3.63) is 42.0 Å². The van der Waals surface area contributed by atoms with Crippen LogP contribution in [0.15, 0.2) is 36.4 Å². The Morgan fingerprint density at radius 2 is 2.36 bits per heavy atom. The predicted octanol–water partition coefficient (Wildman–Crippen LogP) is 2.90. The SMILES string of the molecule is C=C(C)CCOc1cccc(C#N)c1. The largest absolute Gasteiger partial charge is 0.493 e. The van der Waals surface area contributed by atoms with Gasteiger partial charge in [0.25, 0.3) is 0 Å². The highest BCUT2D eigenvalue weighted by Gasteiger charge is 1.95. The monoisotopic (exact) mass is 187 g/mol. The van der Waals surface area contributed by atoms with E-state index in [0.29, 0.717) is 12.2 Å². The van der Waals surface area contributed by atoms with Gasteiger partial charge in [0.1, 0.15) is 5.75 Å². The van der Waals surface area contributed by atoms with E-state index < -0.39 is 0 Å². The second kappa shape index (κ2) is 5.08. The maximum atomic E-state index is 8.66. The summed E-state index contributed by atoms with van der Waals surface area (Å²) in [6.07, 6.45) is 0.844. The Bertz CT molecular complexity index is 363. The van der Waals surface area contributed by atoms with Crippen molar-refractivity contribution in [2.45, 2.75) is 13.3 Å². The van der Waals surface area contributed by atoms with E-state index in [0.717, 1.165) is 17.7 Å². The number of nitrogens with zero attached hydrogens (tertiary/aromatic N) is 1. The van der Waals surface area contributed by atoms with Gasteiger partial charge >= 0.3 is 0 Å². The molecule has 0 saturated heterocycles. The first-order chi connectivity index (χ1) is 6.72. The van der Waals surface area contributed by atoms with Gasteiger partial charge in [0.2, 0.25) is 0 Å². The summed E-state index contributed by atoms with van der Waals surface area (Å²) in [6, 6.07) is 9.22. The van der Waals surface area contributed by atoms with Gasteiger partial charge in [-0.3, -0.25) is 0 Å². The maximum Gasteiger partial charge on any atom is 0.120 e. The van der Waals surface area contributed by atoms with Crippen LogP contribution < -0.4 is 4.74 Å². The van der Waals surface area contributed by atoms with E-state index >= 15 is 0 Å². The van der Waals surface area contributed by atoms with Crippen LogP contribution in [-0.2, 0) is 0 Å². The van der Waals surface area contributed by atoms with Crippen molar-refractivity contribution in [2.75, 3.05) is 6.61 Å². The third kappa shape index (κ3) is 3.32. The first-order valence-electron chi connectivity index (χ1n) is 4.49. The molecule has 0 aliphatic heterocycles. The molecule has 0 aromatic heterocycles. The fraction of sp³-hybridized carbons (Fsp3) is 0.250. The lowest BCUT2D eigenvalue weighted by Gasteiger charge is -2.05. The molecule has 0 fully saturated rings. The molecular formula is C12H13NO. The van der Waals surface area contributed by atoms with Crippen molar-refractivity contribution >= 4 is 0 Å². The molecule has 0 aliphatic rings. The summed E-state index contributed by atoms with van der Waals surface area (Å²) >= 11 is 0. The van der Waals surface area contributed by atoms with Crippen LogP contribution in [-0.4, -0.2) is 6.61 Å². The Morgan fingerprint density at radius 1 is 1.57 bits per heavy atom. The van der Waals surface area contributed by atoms with Crippen LogP contribution in [0.2, 0.25) is 0 Å². The molecule has 72 valence electrons. The maximum absolute atomic E-state index is 8.66. The van der Waals surface area contributed by atoms with Gasteiger partial charge in [0, 0.05) is 6.42 Å². The molecule has 1 rings (SSSR count). The summed E-state index contributed by atoms with van der Waals surface area (Å²) in [5.41, 5.74) is 1.72. The van der Waals surface area contributed by atoms with Crippen molar-refractivity contribution < 1.29 is 4.74 Å². The molecule has 0 spiro atoms. The molecule has 0 aliphatic carbocycles. The number of ether oxygens (including phenoxy) is 1. The molecule has 2 nitrogen and oxygen atoms in total. The lowest BCUT2D eigenvalue weighted by molar-refractivity contribution is 0.321. The van der Waals surface area contributed by atoms with E-state index in [1.807, 2.05) is 19.1 Å². The van der Waals surface area contributed by atoms with Crippen molar-refractivity contribution in [3.8, 4) is 11.8 Å². The molecule has 0 heterocycles. The Morgan fingerprint density at radius 3 is 3.00 bits per heavy atom. The van der Waals surface area contributed by atoms with Gasteiger partial charge in [0.05, 0.1) is 18.2 Å². The van der Waals surface area contributed by atoms with Crippen LogP contribution >= 0.6 is 0 Å². The molecule has 0 amide bonds. The summed E-state index contributed by atoms with van der Waals surface area (Å²) in [4.78, 5) is 0. The van der Waals surface area contributed by atoms with Gasteiger partial charge < -0.3 is 4.74 Å². The van der Waals surface area contributed by atoms with Gasteiger partial charge in [0.15, 0.2) is 0 Å². The van der Waals surface area contributed by atoms with Crippen LogP contribution in [0.3, 0.4) is 0 Å². The van der Waals surface area contributed by atoms with Crippen LogP contribution in [0, 0.1) is 11.3 Å². The quantitative estimate of drug-likeness (QED) is 0.679. The van der Waals surface area contributed by atoms with Crippen LogP contribution in [0.4, 0.5) is 0 Å². The molecule has 0 saturated carbocycles. The highest BCUT2D eigenvalue weighted by atomic mass is 16.5. The van der Waals surface area contributed by atoms with E-state index in [4.69, 9.17) is 10.00 Å². The van der Waals surface area contributed by atoms with Crippen LogP contribution in [0.5, 0.6) is 5.75 Å². The Hall–Kier alpha value is -1.75. The third-order valence-corrected chi connectivity index (χ3v) is 1.76. The first kappa shape index (κ1) is 10.3. The van der Waals surface area contributed by atoms with Crippen molar-refractivity contribution in [1.82, 2.24) is 0 Å². The summed E-state index contributed by atoms with van der Waals surface area (Å²) in [5, 5.41) is 8.66. The normalized spacial score (nSPS) is 9.14. The highest BCUT2D eigenvalue weighted by molar-refractivity contribution is 5.36. The molecule has 0 atom stereocenters. The number of benzene rings is 1. The average molecular weight is 187 g/mol. The van der Waals surface area contributed by atoms with E-state index in [1.165, 1.54) is 0 Å². The van der Waals surface area contributed by atoms with E-state index in [-0.39, 0.29) is 0 Å². The third-order valence-electron chi connectivity index (χ3n) is 1.76. The topological polar surface area (TPSA) is 33.0 Å².